The summed E-state index contributed by atoms with van der Waals surface area (Å²) in [5.41, 5.74) is 1.71. The van der Waals surface area contributed by atoms with Crippen molar-refractivity contribution in [3.63, 3.8) is 0 Å². The summed E-state index contributed by atoms with van der Waals surface area (Å²) in [6, 6.07) is 13.0. The Kier molecular flexibility index (Phi) is 5.54. The van der Waals surface area contributed by atoms with E-state index in [2.05, 4.69) is 15.9 Å². The normalized spacial score (nSPS) is 12.7. The van der Waals surface area contributed by atoms with Crippen molar-refractivity contribution in [2.75, 3.05) is 0 Å². The molecule has 0 aliphatic rings. The Bertz CT molecular complexity index is 594. The molecule has 2 aromatic carbocycles. The van der Waals surface area contributed by atoms with Crippen molar-refractivity contribution in [3.8, 4) is 11.1 Å². The van der Waals surface area contributed by atoms with Crippen molar-refractivity contribution in [2.24, 2.45) is 5.92 Å². The molecule has 0 saturated carbocycles. The van der Waals surface area contributed by atoms with Crippen molar-refractivity contribution in [1.82, 2.24) is 0 Å². The molecule has 0 heterocycles. The second-order valence-electron chi connectivity index (χ2n) is 5.21. The topological polar surface area (TPSA) is 20.2 Å². The lowest BCUT2D eigenvalue weighted by Gasteiger charge is -2.23. The quantitative estimate of drug-likeness (QED) is 0.730. The van der Waals surface area contributed by atoms with E-state index in [9.17, 15) is 9.50 Å². The van der Waals surface area contributed by atoms with Gasteiger partial charge >= 0.3 is 0 Å². The van der Waals surface area contributed by atoms with Gasteiger partial charge in [-0.05, 0) is 17.5 Å². The minimum atomic E-state index is -0.793. The van der Waals surface area contributed by atoms with Crippen molar-refractivity contribution in [2.45, 2.75) is 32.8 Å². The molecule has 3 heteroatoms. The number of halogens is 2. The van der Waals surface area contributed by atoms with Gasteiger partial charge in [0.2, 0.25) is 0 Å². The highest BCUT2D eigenvalue weighted by molar-refractivity contribution is 9.10. The zero-order valence-electron chi connectivity index (χ0n) is 12.3. The second-order valence-corrected chi connectivity index (χ2v) is 6.06. The van der Waals surface area contributed by atoms with Crippen LogP contribution in [-0.2, 0) is 0 Å². The molecule has 0 aromatic heterocycles. The van der Waals surface area contributed by atoms with E-state index in [4.69, 9.17) is 0 Å². The Hall–Kier alpha value is -1.19. The van der Waals surface area contributed by atoms with Gasteiger partial charge in [-0.3, -0.25) is 0 Å². The standard InChI is InChI=1S/C18H20BrFO/c1-3-12(4-2)18(21)16-15(19)11-10-14(17(16)20)13-8-6-5-7-9-13/h5-12,18,21H,3-4H2,1-2H3. The Labute approximate surface area is 134 Å². The van der Waals surface area contributed by atoms with Gasteiger partial charge in [-0.2, -0.15) is 0 Å². The number of benzene rings is 2. The summed E-state index contributed by atoms with van der Waals surface area (Å²) < 4.78 is 15.5. The molecule has 0 spiro atoms. The highest BCUT2D eigenvalue weighted by Crippen LogP contribution is 2.37. The molecule has 0 saturated heterocycles. The van der Waals surface area contributed by atoms with Gasteiger partial charge in [0, 0.05) is 15.6 Å². The summed E-state index contributed by atoms with van der Waals surface area (Å²) in [6.07, 6.45) is 0.844. The maximum atomic E-state index is 14.9. The summed E-state index contributed by atoms with van der Waals surface area (Å²) >= 11 is 3.38. The van der Waals surface area contributed by atoms with Crippen LogP contribution < -0.4 is 0 Å². The van der Waals surface area contributed by atoms with Gasteiger partial charge in [0.1, 0.15) is 5.82 Å². The van der Waals surface area contributed by atoms with Crippen molar-refractivity contribution >= 4 is 15.9 Å². The molecule has 2 rings (SSSR count). The monoisotopic (exact) mass is 350 g/mol. The van der Waals surface area contributed by atoms with Crippen LogP contribution in [0.4, 0.5) is 4.39 Å². The molecule has 0 fully saturated rings. The summed E-state index contributed by atoms with van der Waals surface area (Å²) in [5, 5.41) is 10.5. The predicted molar refractivity (Wildman–Crippen MR) is 88.6 cm³/mol. The lowest BCUT2D eigenvalue weighted by atomic mass is 9.89. The number of aliphatic hydroxyl groups is 1. The third-order valence-electron chi connectivity index (χ3n) is 4.00. The number of rotatable bonds is 5. The number of hydrogen-bond acceptors (Lipinski definition) is 1. The summed E-state index contributed by atoms with van der Waals surface area (Å²) in [4.78, 5) is 0. The molecule has 1 atom stereocenters. The average molecular weight is 351 g/mol. The Morgan fingerprint density at radius 2 is 1.67 bits per heavy atom. The van der Waals surface area contributed by atoms with Crippen LogP contribution in [0.5, 0.6) is 0 Å². The zero-order valence-corrected chi connectivity index (χ0v) is 13.9. The predicted octanol–water partition coefficient (Wildman–Crippen LogP) is 5.72. The van der Waals surface area contributed by atoms with Crippen molar-refractivity contribution < 1.29 is 9.50 Å². The van der Waals surface area contributed by atoms with Crippen LogP contribution in [0.15, 0.2) is 46.9 Å². The molecule has 1 unspecified atom stereocenters. The molecular formula is C18H20BrFO. The fourth-order valence-electron chi connectivity index (χ4n) is 2.65. The Morgan fingerprint density at radius 1 is 1.05 bits per heavy atom. The van der Waals surface area contributed by atoms with Gasteiger partial charge in [0.25, 0.3) is 0 Å². The smallest absolute Gasteiger partial charge is 0.137 e. The van der Waals surface area contributed by atoms with Gasteiger partial charge in [-0.25, -0.2) is 4.39 Å². The van der Waals surface area contributed by atoms with Crippen LogP contribution in [0.1, 0.15) is 38.4 Å². The van der Waals surface area contributed by atoms with Crippen LogP contribution in [0.3, 0.4) is 0 Å². The van der Waals surface area contributed by atoms with E-state index in [0.717, 1.165) is 18.4 Å². The molecule has 0 aliphatic carbocycles. The molecule has 0 amide bonds. The maximum absolute atomic E-state index is 14.9. The molecule has 21 heavy (non-hydrogen) atoms. The summed E-state index contributed by atoms with van der Waals surface area (Å²) in [6.45, 7) is 4.04. The minimum absolute atomic E-state index is 0.0572. The van der Waals surface area contributed by atoms with E-state index in [1.165, 1.54) is 0 Å². The highest BCUT2D eigenvalue weighted by Gasteiger charge is 2.25. The van der Waals surface area contributed by atoms with E-state index in [1.807, 2.05) is 50.2 Å². The van der Waals surface area contributed by atoms with Gasteiger partial charge in [-0.15, -0.1) is 0 Å². The Balaban J connectivity index is 2.52. The molecule has 1 N–H and O–H groups in total. The van der Waals surface area contributed by atoms with E-state index < -0.39 is 6.10 Å². The molecule has 0 aliphatic heterocycles. The van der Waals surface area contributed by atoms with Gasteiger partial charge in [-0.1, -0.05) is 79.0 Å². The van der Waals surface area contributed by atoms with E-state index in [1.54, 1.807) is 6.07 Å². The molecule has 0 bridgehead atoms. The van der Waals surface area contributed by atoms with Gasteiger partial charge < -0.3 is 5.11 Å². The third kappa shape index (κ3) is 3.35. The van der Waals surface area contributed by atoms with E-state index in [0.29, 0.717) is 15.6 Å². The van der Waals surface area contributed by atoms with E-state index in [-0.39, 0.29) is 11.7 Å². The first-order chi connectivity index (χ1) is 10.1. The van der Waals surface area contributed by atoms with Gasteiger partial charge in [0.05, 0.1) is 6.10 Å². The maximum Gasteiger partial charge on any atom is 0.137 e. The number of aliphatic hydroxyl groups excluding tert-OH is 1. The molecule has 112 valence electrons. The first-order valence-electron chi connectivity index (χ1n) is 7.31. The first kappa shape index (κ1) is 16.2. The van der Waals surface area contributed by atoms with Crippen LogP contribution in [0.2, 0.25) is 0 Å². The Morgan fingerprint density at radius 3 is 2.24 bits per heavy atom. The largest absolute Gasteiger partial charge is 0.388 e. The first-order valence-corrected chi connectivity index (χ1v) is 8.10. The van der Waals surface area contributed by atoms with Gasteiger partial charge in [0.15, 0.2) is 0 Å². The molecule has 2 aromatic rings. The summed E-state index contributed by atoms with van der Waals surface area (Å²) in [5.74, 6) is -0.281. The second kappa shape index (κ2) is 7.19. The highest BCUT2D eigenvalue weighted by atomic mass is 79.9. The van der Waals surface area contributed by atoms with Crippen LogP contribution >= 0.6 is 15.9 Å². The van der Waals surface area contributed by atoms with Crippen LogP contribution in [0, 0.1) is 11.7 Å². The van der Waals surface area contributed by atoms with Crippen LogP contribution in [-0.4, -0.2) is 5.11 Å². The van der Waals surface area contributed by atoms with Crippen molar-refractivity contribution in [3.05, 3.63) is 58.3 Å². The lowest BCUT2D eigenvalue weighted by Crippen LogP contribution is -2.13. The SMILES string of the molecule is CCC(CC)C(O)c1c(Br)ccc(-c2ccccc2)c1F. The molecule has 1 nitrogen and oxygen atoms in total. The third-order valence-corrected chi connectivity index (χ3v) is 4.69. The fraction of sp³-hybridized carbons (Fsp3) is 0.333. The lowest BCUT2D eigenvalue weighted by molar-refractivity contribution is 0.0990. The minimum Gasteiger partial charge on any atom is -0.388 e. The average Bonchev–Trinajstić information content (AvgIpc) is 2.49. The van der Waals surface area contributed by atoms with Crippen molar-refractivity contribution in [1.29, 1.82) is 0 Å². The number of hydrogen-bond donors (Lipinski definition) is 1. The zero-order chi connectivity index (χ0) is 15.4. The molecule has 0 radical (unpaired) electrons. The fourth-order valence-corrected chi connectivity index (χ4v) is 3.19. The summed E-state index contributed by atoms with van der Waals surface area (Å²) in [7, 11) is 0. The van der Waals surface area contributed by atoms with E-state index >= 15 is 0 Å². The van der Waals surface area contributed by atoms with Crippen LogP contribution in [0.25, 0.3) is 11.1 Å². The molecular weight excluding hydrogens is 331 g/mol.